The normalized spacial score (nSPS) is 11.7. The summed E-state index contributed by atoms with van der Waals surface area (Å²) in [5, 5.41) is 10.7. The van der Waals surface area contributed by atoms with Gasteiger partial charge < -0.3 is 13.9 Å². The van der Waals surface area contributed by atoms with E-state index < -0.39 is 32.1 Å². The van der Waals surface area contributed by atoms with Gasteiger partial charge in [-0.15, -0.1) is 0 Å². The number of rotatable bonds is 9. The molecule has 0 unspecified atom stereocenters. The zero-order valence-electron chi connectivity index (χ0n) is 18.8. The number of carbonyl (C=O) groups excluding carboxylic acids is 2. The predicted molar refractivity (Wildman–Crippen MR) is 126 cm³/mol. The van der Waals surface area contributed by atoms with Crippen LogP contribution in [0.2, 0.25) is 0 Å². The molecule has 3 rings (SSSR count). The number of esters is 1. The third kappa shape index (κ3) is 6.11. The van der Waals surface area contributed by atoms with E-state index in [0.29, 0.717) is 17.1 Å². The van der Waals surface area contributed by atoms with Gasteiger partial charge in [0.25, 0.3) is 11.1 Å². The minimum atomic E-state index is -3.70. The molecule has 0 atom stereocenters. The molecule has 182 valence electrons. The van der Waals surface area contributed by atoms with Gasteiger partial charge >= 0.3 is 5.97 Å². The number of benzene rings is 1. The fraction of sp³-hybridized carbons (Fsp3) is 0.227. The van der Waals surface area contributed by atoms with Crippen molar-refractivity contribution in [2.75, 3.05) is 11.9 Å². The van der Waals surface area contributed by atoms with Crippen LogP contribution in [0.25, 0.3) is 6.08 Å². The number of nitriles is 1. The Balaban J connectivity index is 1.80. The molecule has 3 aromatic rings. The third-order valence-electron chi connectivity index (χ3n) is 4.37. The smallest absolute Gasteiger partial charge is 0.379 e. The maximum Gasteiger partial charge on any atom is 0.379 e. The first kappa shape index (κ1) is 25.6. The number of nitrogens with one attached hydrogen (secondary N) is 1. The van der Waals surface area contributed by atoms with Crippen molar-refractivity contribution in [1.82, 2.24) is 9.36 Å². The highest BCUT2D eigenvalue weighted by molar-refractivity contribution is 7.91. The van der Waals surface area contributed by atoms with Gasteiger partial charge in [0.05, 0.1) is 18.1 Å². The van der Waals surface area contributed by atoms with E-state index >= 15 is 0 Å². The lowest BCUT2D eigenvalue weighted by Crippen LogP contribution is -2.16. The summed E-state index contributed by atoms with van der Waals surface area (Å²) in [6, 6.07) is 9.27. The van der Waals surface area contributed by atoms with Gasteiger partial charge in [-0.05, 0) is 56.7 Å². The Labute approximate surface area is 205 Å². The van der Waals surface area contributed by atoms with Crippen molar-refractivity contribution in [3.05, 3.63) is 53.5 Å². The SMILES string of the molecule is CCOc1cc(/C=C(/C#N)C(=O)Nc2nc(S(=O)(=O)C(C)C)ns2)ccc1OC(=O)c1ccco1. The summed E-state index contributed by atoms with van der Waals surface area (Å²) in [6.45, 7) is 4.99. The first-order chi connectivity index (χ1) is 16.6. The molecule has 0 bridgehead atoms. The molecule has 1 N–H and O–H groups in total. The zero-order valence-corrected chi connectivity index (χ0v) is 20.5. The van der Waals surface area contributed by atoms with E-state index in [1.807, 2.05) is 0 Å². The van der Waals surface area contributed by atoms with Gasteiger partial charge in [-0.3, -0.25) is 10.1 Å². The summed E-state index contributed by atoms with van der Waals surface area (Å²) in [7, 11) is -3.70. The minimum absolute atomic E-state index is 0.0147. The molecular weight excluding hydrogens is 496 g/mol. The number of aromatic nitrogens is 2. The number of anilines is 1. The number of nitrogens with zero attached hydrogens (tertiary/aromatic N) is 3. The van der Waals surface area contributed by atoms with E-state index in [1.165, 1.54) is 50.5 Å². The topological polar surface area (TPSA) is 161 Å². The van der Waals surface area contributed by atoms with Crippen molar-refractivity contribution in [2.45, 2.75) is 31.2 Å². The van der Waals surface area contributed by atoms with Gasteiger partial charge in [-0.2, -0.15) is 14.6 Å². The highest BCUT2D eigenvalue weighted by Gasteiger charge is 2.25. The molecule has 11 nitrogen and oxygen atoms in total. The van der Waals surface area contributed by atoms with Crippen LogP contribution in [0.5, 0.6) is 11.5 Å². The number of ether oxygens (including phenoxy) is 2. The maximum absolute atomic E-state index is 12.6. The Morgan fingerprint density at radius 3 is 2.69 bits per heavy atom. The van der Waals surface area contributed by atoms with Crippen LogP contribution in [0.3, 0.4) is 0 Å². The van der Waals surface area contributed by atoms with Crippen LogP contribution in [0.1, 0.15) is 36.9 Å². The summed E-state index contributed by atoms with van der Waals surface area (Å²) in [6.07, 6.45) is 2.64. The Kier molecular flexibility index (Phi) is 8.00. The van der Waals surface area contributed by atoms with Gasteiger partial charge in [0.2, 0.25) is 20.7 Å². The molecule has 1 amide bonds. The summed E-state index contributed by atoms with van der Waals surface area (Å²) in [5.41, 5.74) is 0.134. The second-order valence-electron chi connectivity index (χ2n) is 7.11. The van der Waals surface area contributed by atoms with Crippen molar-refractivity contribution >= 4 is 44.5 Å². The van der Waals surface area contributed by atoms with Crippen LogP contribution in [-0.2, 0) is 14.6 Å². The van der Waals surface area contributed by atoms with E-state index in [2.05, 4.69) is 14.7 Å². The van der Waals surface area contributed by atoms with Crippen LogP contribution < -0.4 is 14.8 Å². The van der Waals surface area contributed by atoms with Crippen molar-refractivity contribution in [3.8, 4) is 17.6 Å². The second kappa shape index (κ2) is 10.9. The van der Waals surface area contributed by atoms with Gasteiger partial charge in [0.1, 0.15) is 11.6 Å². The number of hydrogen-bond donors (Lipinski definition) is 1. The van der Waals surface area contributed by atoms with Crippen LogP contribution in [0.15, 0.2) is 51.7 Å². The predicted octanol–water partition coefficient (Wildman–Crippen LogP) is 3.48. The number of sulfone groups is 1. The zero-order chi connectivity index (χ0) is 25.6. The maximum atomic E-state index is 12.6. The number of hydrogen-bond acceptors (Lipinski definition) is 11. The van der Waals surface area contributed by atoms with E-state index in [9.17, 15) is 23.3 Å². The molecule has 0 saturated heterocycles. The van der Waals surface area contributed by atoms with E-state index in [-0.39, 0.29) is 34.6 Å². The molecule has 35 heavy (non-hydrogen) atoms. The van der Waals surface area contributed by atoms with Gasteiger partial charge in [-0.25, -0.2) is 13.2 Å². The molecule has 0 radical (unpaired) electrons. The molecule has 0 aliphatic carbocycles. The van der Waals surface area contributed by atoms with E-state index in [1.54, 1.807) is 19.1 Å². The molecule has 0 saturated carbocycles. The molecule has 0 spiro atoms. The van der Waals surface area contributed by atoms with Gasteiger partial charge in [0, 0.05) is 11.5 Å². The molecule has 1 aromatic carbocycles. The summed E-state index contributed by atoms with van der Waals surface area (Å²) in [4.78, 5) is 28.6. The lowest BCUT2D eigenvalue weighted by atomic mass is 10.1. The second-order valence-corrected chi connectivity index (χ2v) is 10.3. The van der Waals surface area contributed by atoms with Gasteiger partial charge in [0.15, 0.2) is 11.5 Å². The highest BCUT2D eigenvalue weighted by Crippen LogP contribution is 2.30. The lowest BCUT2D eigenvalue weighted by molar-refractivity contribution is -0.112. The monoisotopic (exact) mass is 516 g/mol. The Hall–Kier alpha value is -4.02. The average molecular weight is 517 g/mol. The molecular formula is C22H20N4O7S2. The highest BCUT2D eigenvalue weighted by atomic mass is 32.2. The van der Waals surface area contributed by atoms with E-state index in [0.717, 1.165) is 0 Å². The first-order valence-electron chi connectivity index (χ1n) is 10.2. The fourth-order valence-electron chi connectivity index (χ4n) is 2.58. The molecule has 0 aliphatic rings. The molecule has 2 aromatic heterocycles. The average Bonchev–Trinajstić information content (AvgIpc) is 3.52. The van der Waals surface area contributed by atoms with Crippen molar-refractivity contribution in [3.63, 3.8) is 0 Å². The number of amides is 1. The van der Waals surface area contributed by atoms with Crippen molar-refractivity contribution in [2.24, 2.45) is 0 Å². The summed E-state index contributed by atoms with van der Waals surface area (Å²) in [5.74, 6) is -1.16. The van der Waals surface area contributed by atoms with Crippen LogP contribution >= 0.6 is 11.5 Å². The number of carbonyl (C=O) groups is 2. The molecule has 0 aliphatic heterocycles. The molecule has 2 heterocycles. The Morgan fingerprint density at radius 2 is 2.06 bits per heavy atom. The number of furan rings is 1. The lowest BCUT2D eigenvalue weighted by Gasteiger charge is -2.11. The van der Waals surface area contributed by atoms with Gasteiger partial charge in [-0.1, -0.05) is 6.07 Å². The van der Waals surface area contributed by atoms with Crippen LogP contribution in [-0.4, -0.2) is 41.5 Å². The minimum Gasteiger partial charge on any atom is -0.490 e. The largest absolute Gasteiger partial charge is 0.490 e. The van der Waals surface area contributed by atoms with Crippen LogP contribution in [0.4, 0.5) is 5.13 Å². The first-order valence-corrected chi connectivity index (χ1v) is 12.5. The Bertz CT molecular complexity index is 1400. The summed E-state index contributed by atoms with van der Waals surface area (Å²) >= 11 is 0.687. The van der Waals surface area contributed by atoms with Crippen molar-refractivity contribution < 1.29 is 31.9 Å². The summed E-state index contributed by atoms with van der Waals surface area (Å²) < 4.78 is 44.0. The standard InChI is InChI=1S/C22H20N4O7S2/c1-4-31-18-11-14(7-8-16(18)33-20(28)17-6-5-9-32-17)10-15(12-23)19(27)24-21-25-22(26-34-21)35(29,30)13(2)3/h5-11,13H,4H2,1-3H3,(H,24,25,26,27)/b15-10-. The van der Waals surface area contributed by atoms with Crippen molar-refractivity contribution in [1.29, 1.82) is 5.26 Å². The quantitative estimate of drug-likeness (QED) is 0.193. The van der Waals surface area contributed by atoms with Crippen LogP contribution in [0, 0.1) is 11.3 Å². The molecule has 0 fully saturated rings. The third-order valence-corrected chi connectivity index (χ3v) is 7.05. The molecule has 13 heteroatoms. The Morgan fingerprint density at radius 1 is 1.29 bits per heavy atom. The van der Waals surface area contributed by atoms with E-state index in [4.69, 9.17) is 13.9 Å². The fourth-order valence-corrected chi connectivity index (χ4v) is 4.28.